The SMILES string of the molecule is CCCN(CCCCNC(=O)C12CC3CC(CC(C3)C1)C2)CCc1ccc(OC)cc1OC.O=C(O)C(=O)O. The number of rotatable bonds is 13. The molecule has 0 aromatic heterocycles. The second kappa shape index (κ2) is 14.5. The first-order chi connectivity index (χ1) is 18.7. The average Bonchev–Trinajstić information content (AvgIpc) is 2.90. The molecule has 218 valence electrons. The molecule has 1 amide bonds. The van der Waals surface area contributed by atoms with Gasteiger partial charge in [0.05, 0.1) is 14.2 Å². The summed E-state index contributed by atoms with van der Waals surface area (Å²) in [6.07, 6.45) is 12.0. The van der Waals surface area contributed by atoms with E-state index in [2.05, 4.69) is 23.2 Å². The molecule has 3 N–H and O–H groups in total. The number of aliphatic carboxylic acids is 2. The summed E-state index contributed by atoms with van der Waals surface area (Å²) in [6, 6.07) is 6.09. The molecule has 4 aliphatic rings. The van der Waals surface area contributed by atoms with E-state index < -0.39 is 11.9 Å². The number of ether oxygens (including phenoxy) is 2. The minimum absolute atomic E-state index is 0.0135. The third kappa shape index (κ3) is 8.59. The van der Waals surface area contributed by atoms with E-state index in [4.69, 9.17) is 29.3 Å². The number of nitrogens with one attached hydrogen (secondary N) is 1. The van der Waals surface area contributed by atoms with Crippen molar-refractivity contribution in [1.29, 1.82) is 0 Å². The van der Waals surface area contributed by atoms with Gasteiger partial charge in [-0.2, -0.15) is 0 Å². The standard InChI is InChI=1S/C28H44N2O3.C2H2O4/c1-4-11-30(13-9-24-7-8-25(32-2)17-26(24)33-3)12-6-5-10-29-27(31)28-18-21-14-22(19-28)16-23(15-21)20-28;3-1(4)2(5)6/h7-8,17,21-23H,4-6,9-16,18-20H2,1-3H3,(H,29,31);(H,3,4)(H,5,6). The summed E-state index contributed by atoms with van der Waals surface area (Å²) in [6.45, 7) is 6.29. The first-order valence-corrected chi connectivity index (χ1v) is 14.4. The molecular weight excluding hydrogens is 500 g/mol. The number of nitrogens with zero attached hydrogens (tertiary/aromatic N) is 1. The van der Waals surface area contributed by atoms with Gasteiger partial charge in [0.15, 0.2) is 0 Å². The van der Waals surface area contributed by atoms with Crippen molar-refractivity contribution in [2.45, 2.75) is 71.1 Å². The Hall–Kier alpha value is -2.81. The van der Waals surface area contributed by atoms with Crippen LogP contribution in [0.15, 0.2) is 18.2 Å². The van der Waals surface area contributed by atoms with Crippen LogP contribution in [0.25, 0.3) is 0 Å². The van der Waals surface area contributed by atoms with E-state index in [1.807, 2.05) is 12.1 Å². The number of amides is 1. The molecule has 0 spiro atoms. The van der Waals surface area contributed by atoms with Crippen molar-refractivity contribution in [3.05, 3.63) is 23.8 Å². The predicted molar refractivity (Wildman–Crippen MR) is 148 cm³/mol. The summed E-state index contributed by atoms with van der Waals surface area (Å²) in [7, 11) is 3.41. The molecule has 4 fully saturated rings. The maximum Gasteiger partial charge on any atom is 0.414 e. The molecule has 0 atom stereocenters. The van der Waals surface area contributed by atoms with Crippen molar-refractivity contribution in [2.24, 2.45) is 23.2 Å². The van der Waals surface area contributed by atoms with Gasteiger partial charge in [-0.05, 0) is 107 Å². The van der Waals surface area contributed by atoms with Crippen LogP contribution in [0.4, 0.5) is 0 Å². The minimum atomic E-state index is -1.82. The molecule has 9 heteroatoms. The van der Waals surface area contributed by atoms with E-state index in [0.29, 0.717) is 5.91 Å². The minimum Gasteiger partial charge on any atom is -0.497 e. The molecule has 5 rings (SSSR count). The average molecular weight is 547 g/mol. The largest absolute Gasteiger partial charge is 0.497 e. The summed E-state index contributed by atoms with van der Waals surface area (Å²) < 4.78 is 10.9. The van der Waals surface area contributed by atoms with Crippen LogP contribution in [0.3, 0.4) is 0 Å². The molecule has 0 aliphatic heterocycles. The molecule has 0 radical (unpaired) electrons. The van der Waals surface area contributed by atoms with Crippen molar-refractivity contribution in [2.75, 3.05) is 40.4 Å². The molecule has 4 aliphatic carbocycles. The van der Waals surface area contributed by atoms with Gasteiger partial charge in [-0.1, -0.05) is 13.0 Å². The lowest BCUT2D eigenvalue weighted by atomic mass is 9.49. The van der Waals surface area contributed by atoms with Crippen LogP contribution >= 0.6 is 0 Å². The lowest BCUT2D eigenvalue weighted by molar-refractivity contribution is -0.159. The molecule has 4 bridgehead atoms. The van der Waals surface area contributed by atoms with E-state index in [0.717, 1.165) is 100 Å². The Labute approximate surface area is 232 Å². The highest BCUT2D eigenvalue weighted by atomic mass is 16.5. The summed E-state index contributed by atoms with van der Waals surface area (Å²) in [5.74, 6) is 0.940. The van der Waals surface area contributed by atoms with Gasteiger partial charge in [0.1, 0.15) is 11.5 Å². The number of unbranched alkanes of at least 4 members (excludes halogenated alkanes) is 1. The fraction of sp³-hybridized carbons (Fsp3) is 0.700. The summed E-state index contributed by atoms with van der Waals surface area (Å²) in [4.78, 5) is 33.9. The molecule has 0 heterocycles. The number of carbonyl (C=O) groups is 3. The molecule has 39 heavy (non-hydrogen) atoms. The van der Waals surface area contributed by atoms with Crippen LogP contribution < -0.4 is 14.8 Å². The third-order valence-corrected chi connectivity index (χ3v) is 8.62. The quantitative estimate of drug-likeness (QED) is 0.248. The number of carbonyl (C=O) groups excluding carboxylic acids is 1. The van der Waals surface area contributed by atoms with Crippen LogP contribution in [-0.4, -0.2) is 73.4 Å². The van der Waals surface area contributed by atoms with Crippen LogP contribution in [0.2, 0.25) is 0 Å². The highest BCUT2D eigenvalue weighted by molar-refractivity contribution is 6.27. The number of carboxylic acids is 2. The van der Waals surface area contributed by atoms with Crippen molar-refractivity contribution < 1.29 is 34.1 Å². The molecule has 4 saturated carbocycles. The Balaban J connectivity index is 0.000000631. The first-order valence-electron chi connectivity index (χ1n) is 14.4. The third-order valence-electron chi connectivity index (χ3n) is 8.62. The van der Waals surface area contributed by atoms with Gasteiger partial charge >= 0.3 is 11.9 Å². The van der Waals surface area contributed by atoms with Crippen molar-refractivity contribution >= 4 is 17.8 Å². The summed E-state index contributed by atoms with van der Waals surface area (Å²) >= 11 is 0. The molecule has 9 nitrogen and oxygen atoms in total. The van der Waals surface area contributed by atoms with Crippen LogP contribution in [0.1, 0.15) is 70.3 Å². The second-order valence-corrected chi connectivity index (χ2v) is 11.5. The van der Waals surface area contributed by atoms with Crippen LogP contribution in [0, 0.1) is 23.2 Å². The second-order valence-electron chi connectivity index (χ2n) is 11.5. The predicted octanol–water partition coefficient (Wildman–Crippen LogP) is 4.23. The van der Waals surface area contributed by atoms with Gasteiger partial charge in [-0.3, -0.25) is 4.79 Å². The monoisotopic (exact) mass is 546 g/mol. The fourth-order valence-electron chi connectivity index (χ4n) is 7.23. The van der Waals surface area contributed by atoms with Gasteiger partial charge in [-0.25, -0.2) is 9.59 Å². The normalized spacial score (nSPS) is 24.6. The molecule has 1 aromatic rings. The Kier molecular flexibility index (Phi) is 11.5. The van der Waals surface area contributed by atoms with E-state index >= 15 is 0 Å². The van der Waals surface area contributed by atoms with E-state index in [-0.39, 0.29) is 5.41 Å². The molecular formula is C30H46N2O7. The zero-order chi connectivity index (χ0) is 28.4. The fourth-order valence-corrected chi connectivity index (χ4v) is 7.23. The van der Waals surface area contributed by atoms with Gasteiger partial charge in [0, 0.05) is 24.6 Å². The number of benzene rings is 1. The zero-order valence-corrected chi connectivity index (χ0v) is 23.7. The zero-order valence-electron chi connectivity index (χ0n) is 23.7. The van der Waals surface area contributed by atoms with Gasteiger partial charge in [0.2, 0.25) is 5.91 Å². The Morgan fingerprint density at radius 3 is 2.05 bits per heavy atom. The van der Waals surface area contributed by atoms with E-state index in [9.17, 15) is 4.79 Å². The lowest BCUT2D eigenvalue weighted by Gasteiger charge is -2.55. The highest BCUT2D eigenvalue weighted by Crippen LogP contribution is 2.60. The smallest absolute Gasteiger partial charge is 0.414 e. The highest BCUT2D eigenvalue weighted by Gasteiger charge is 2.54. The van der Waals surface area contributed by atoms with Gasteiger partial charge < -0.3 is 29.9 Å². The Morgan fingerprint density at radius 2 is 1.54 bits per heavy atom. The number of carboxylic acid groups (broad SMARTS) is 2. The number of hydrogen-bond acceptors (Lipinski definition) is 6. The lowest BCUT2D eigenvalue weighted by Crippen LogP contribution is -2.53. The molecule has 0 unspecified atom stereocenters. The number of hydrogen-bond donors (Lipinski definition) is 3. The van der Waals surface area contributed by atoms with Crippen molar-refractivity contribution in [1.82, 2.24) is 10.2 Å². The first kappa shape index (κ1) is 30.7. The van der Waals surface area contributed by atoms with Gasteiger partial charge in [0.25, 0.3) is 0 Å². The van der Waals surface area contributed by atoms with Crippen LogP contribution in [0.5, 0.6) is 11.5 Å². The van der Waals surface area contributed by atoms with E-state index in [1.165, 1.54) is 24.8 Å². The Bertz CT molecular complexity index is 933. The molecule has 0 saturated heterocycles. The topological polar surface area (TPSA) is 125 Å². The van der Waals surface area contributed by atoms with Crippen molar-refractivity contribution in [3.63, 3.8) is 0 Å². The maximum atomic E-state index is 13.1. The summed E-state index contributed by atoms with van der Waals surface area (Å²) in [5.41, 5.74) is 1.21. The van der Waals surface area contributed by atoms with Gasteiger partial charge in [-0.15, -0.1) is 0 Å². The number of methoxy groups -OCH3 is 2. The molecule has 1 aromatic carbocycles. The Morgan fingerprint density at radius 1 is 0.923 bits per heavy atom. The maximum absolute atomic E-state index is 13.1. The summed E-state index contributed by atoms with van der Waals surface area (Å²) in [5, 5.41) is 18.1. The van der Waals surface area contributed by atoms with Crippen molar-refractivity contribution in [3.8, 4) is 11.5 Å². The van der Waals surface area contributed by atoms with E-state index in [1.54, 1.807) is 14.2 Å². The van der Waals surface area contributed by atoms with Crippen LogP contribution in [-0.2, 0) is 20.8 Å².